The van der Waals surface area contributed by atoms with Crippen LogP contribution in [0, 0.1) is 5.92 Å². The number of aromatic nitrogens is 4. The summed E-state index contributed by atoms with van der Waals surface area (Å²) in [6, 6.07) is 0.194. The quantitative estimate of drug-likeness (QED) is 0.618. The Hall–Kier alpha value is -1.97. The standard InChI is InChI=1S/C16H23N5O4/c1-2-8-12(22)13(23)14(25-8)10-9-11(21-20-10)15(17)19-16(18-9)24-6-7-4-3-5-7/h7-8,12-14,22-23H,2-6H2,1H3,(H,20,21)(H2,17,18,19)/t8-,12-,13-,14+/m1/s1. The number of aliphatic hydroxyl groups is 2. The minimum atomic E-state index is -1.07. The Morgan fingerprint density at radius 2 is 2.04 bits per heavy atom. The maximum atomic E-state index is 10.3. The molecule has 0 amide bonds. The first-order valence-corrected chi connectivity index (χ1v) is 8.74. The Balaban J connectivity index is 1.64. The van der Waals surface area contributed by atoms with Crippen LogP contribution in [0.25, 0.3) is 11.0 Å². The molecular formula is C16H23N5O4. The molecule has 0 spiro atoms. The average molecular weight is 349 g/mol. The van der Waals surface area contributed by atoms with Crippen molar-refractivity contribution in [3.8, 4) is 6.01 Å². The van der Waals surface area contributed by atoms with Crippen LogP contribution in [0.5, 0.6) is 6.01 Å². The zero-order valence-electron chi connectivity index (χ0n) is 14.1. The molecule has 9 nitrogen and oxygen atoms in total. The summed E-state index contributed by atoms with van der Waals surface area (Å²) >= 11 is 0. The van der Waals surface area contributed by atoms with E-state index in [0.717, 1.165) is 12.8 Å². The molecule has 4 atom stereocenters. The van der Waals surface area contributed by atoms with Gasteiger partial charge in [0.05, 0.1) is 18.4 Å². The fraction of sp³-hybridized carbons (Fsp3) is 0.688. The molecule has 0 aromatic carbocycles. The zero-order chi connectivity index (χ0) is 17.6. The topological polar surface area (TPSA) is 139 Å². The molecule has 4 rings (SSSR count). The van der Waals surface area contributed by atoms with E-state index in [0.29, 0.717) is 35.7 Å². The second-order valence-electron chi connectivity index (χ2n) is 6.82. The number of nitrogens with zero attached hydrogens (tertiary/aromatic N) is 3. The Kier molecular flexibility index (Phi) is 4.22. The van der Waals surface area contributed by atoms with E-state index in [1.807, 2.05) is 6.92 Å². The van der Waals surface area contributed by atoms with Crippen LogP contribution in [0.1, 0.15) is 44.4 Å². The highest BCUT2D eigenvalue weighted by molar-refractivity contribution is 5.86. The van der Waals surface area contributed by atoms with Crippen molar-refractivity contribution in [2.45, 2.75) is 57.0 Å². The first-order valence-electron chi connectivity index (χ1n) is 8.74. The Labute approximate surface area is 144 Å². The molecule has 0 unspecified atom stereocenters. The molecular weight excluding hydrogens is 326 g/mol. The summed E-state index contributed by atoms with van der Waals surface area (Å²) in [6.45, 7) is 2.46. The minimum Gasteiger partial charge on any atom is -0.463 e. The van der Waals surface area contributed by atoms with E-state index < -0.39 is 24.4 Å². The van der Waals surface area contributed by atoms with Gasteiger partial charge in [0, 0.05) is 0 Å². The van der Waals surface area contributed by atoms with Crippen LogP contribution in [0.4, 0.5) is 5.82 Å². The van der Waals surface area contributed by atoms with E-state index in [1.54, 1.807) is 0 Å². The SMILES string of the molecule is CC[C@H]1O[C@@H](c2[nH]nc3c(N)nc(OCC4CCC4)nc23)[C@H](O)[C@@H]1O. The lowest BCUT2D eigenvalue weighted by Crippen LogP contribution is -2.30. The number of ether oxygens (including phenoxy) is 2. The minimum absolute atomic E-state index is 0.194. The van der Waals surface area contributed by atoms with Crippen LogP contribution in [0.2, 0.25) is 0 Å². The summed E-state index contributed by atoms with van der Waals surface area (Å²) < 4.78 is 11.5. The van der Waals surface area contributed by atoms with Crippen molar-refractivity contribution >= 4 is 16.9 Å². The third kappa shape index (κ3) is 2.82. The van der Waals surface area contributed by atoms with E-state index in [-0.39, 0.29) is 11.8 Å². The Bertz CT molecular complexity index is 762. The lowest BCUT2D eigenvalue weighted by atomic mass is 9.86. The maximum Gasteiger partial charge on any atom is 0.319 e. The molecule has 1 aliphatic carbocycles. The lowest BCUT2D eigenvalue weighted by Gasteiger charge is -2.24. The third-order valence-corrected chi connectivity index (χ3v) is 5.16. The van der Waals surface area contributed by atoms with Crippen molar-refractivity contribution in [3.05, 3.63) is 5.69 Å². The fourth-order valence-electron chi connectivity index (χ4n) is 3.36. The van der Waals surface area contributed by atoms with E-state index in [1.165, 1.54) is 6.42 Å². The van der Waals surface area contributed by atoms with Crippen molar-refractivity contribution in [1.29, 1.82) is 0 Å². The summed E-state index contributed by atoms with van der Waals surface area (Å²) in [5.74, 6) is 0.751. The monoisotopic (exact) mass is 349 g/mol. The van der Waals surface area contributed by atoms with Gasteiger partial charge in [0.25, 0.3) is 0 Å². The van der Waals surface area contributed by atoms with E-state index in [2.05, 4.69) is 20.2 Å². The van der Waals surface area contributed by atoms with E-state index in [4.69, 9.17) is 15.2 Å². The summed E-state index contributed by atoms with van der Waals surface area (Å²) in [4.78, 5) is 8.55. The molecule has 1 saturated heterocycles. The van der Waals surface area contributed by atoms with Gasteiger partial charge in [0.15, 0.2) is 11.3 Å². The molecule has 2 aromatic heterocycles. The van der Waals surface area contributed by atoms with Gasteiger partial charge in [0.1, 0.15) is 23.8 Å². The van der Waals surface area contributed by atoms with Crippen molar-refractivity contribution in [2.24, 2.45) is 5.92 Å². The van der Waals surface area contributed by atoms with Crippen molar-refractivity contribution < 1.29 is 19.7 Å². The number of rotatable bonds is 5. The largest absolute Gasteiger partial charge is 0.463 e. The third-order valence-electron chi connectivity index (χ3n) is 5.16. The van der Waals surface area contributed by atoms with Crippen LogP contribution in [-0.4, -0.2) is 55.3 Å². The number of hydrogen-bond acceptors (Lipinski definition) is 8. The van der Waals surface area contributed by atoms with E-state index in [9.17, 15) is 10.2 Å². The summed E-state index contributed by atoms with van der Waals surface area (Å²) in [6.07, 6.45) is 0.935. The number of aromatic amines is 1. The van der Waals surface area contributed by atoms with Crippen molar-refractivity contribution in [1.82, 2.24) is 20.2 Å². The van der Waals surface area contributed by atoms with Gasteiger partial charge in [-0.25, -0.2) is 0 Å². The summed E-state index contributed by atoms with van der Waals surface area (Å²) in [7, 11) is 0. The Morgan fingerprint density at radius 1 is 1.24 bits per heavy atom. The van der Waals surface area contributed by atoms with Crippen LogP contribution in [0.15, 0.2) is 0 Å². The molecule has 2 aromatic rings. The predicted molar refractivity (Wildman–Crippen MR) is 88.9 cm³/mol. The molecule has 2 aliphatic rings. The molecule has 1 saturated carbocycles. The van der Waals surface area contributed by atoms with Gasteiger partial charge in [-0.3, -0.25) is 5.10 Å². The predicted octanol–water partition coefficient (Wildman–Crippen LogP) is 0.686. The zero-order valence-corrected chi connectivity index (χ0v) is 14.1. The molecule has 0 radical (unpaired) electrons. The average Bonchev–Trinajstić information content (AvgIpc) is 3.09. The maximum absolute atomic E-state index is 10.3. The molecule has 5 N–H and O–H groups in total. The number of aliphatic hydroxyl groups excluding tert-OH is 2. The van der Waals surface area contributed by atoms with E-state index >= 15 is 0 Å². The number of nitrogens with one attached hydrogen (secondary N) is 1. The van der Waals surface area contributed by atoms with Gasteiger partial charge in [-0.2, -0.15) is 15.1 Å². The number of nitrogens with two attached hydrogens (primary N) is 1. The highest BCUT2D eigenvalue weighted by Gasteiger charge is 2.44. The van der Waals surface area contributed by atoms with Crippen molar-refractivity contribution in [2.75, 3.05) is 12.3 Å². The highest BCUT2D eigenvalue weighted by Crippen LogP contribution is 2.37. The molecule has 3 heterocycles. The second-order valence-corrected chi connectivity index (χ2v) is 6.82. The van der Waals surface area contributed by atoms with Crippen LogP contribution < -0.4 is 10.5 Å². The molecule has 9 heteroatoms. The van der Waals surface area contributed by atoms with Gasteiger partial charge in [-0.05, 0) is 25.2 Å². The number of hydrogen-bond donors (Lipinski definition) is 4. The van der Waals surface area contributed by atoms with Crippen molar-refractivity contribution in [3.63, 3.8) is 0 Å². The fourth-order valence-corrected chi connectivity index (χ4v) is 3.36. The number of anilines is 1. The van der Waals surface area contributed by atoms with Gasteiger partial charge >= 0.3 is 6.01 Å². The first kappa shape index (κ1) is 16.5. The lowest BCUT2D eigenvalue weighted by molar-refractivity contribution is 0.00405. The molecule has 136 valence electrons. The molecule has 2 fully saturated rings. The first-order chi connectivity index (χ1) is 12.1. The number of H-pyrrole nitrogens is 1. The van der Waals surface area contributed by atoms with Crippen LogP contribution in [0.3, 0.4) is 0 Å². The molecule has 25 heavy (non-hydrogen) atoms. The second kappa shape index (κ2) is 6.40. The van der Waals surface area contributed by atoms with Gasteiger partial charge in [0.2, 0.25) is 0 Å². The van der Waals surface area contributed by atoms with Gasteiger partial charge < -0.3 is 25.4 Å². The number of fused-ring (bicyclic) bond motifs is 1. The van der Waals surface area contributed by atoms with Gasteiger partial charge in [-0.15, -0.1) is 0 Å². The smallest absolute Gasteiger partial charge is 0.319 e. The normalized spacial score (nSPS) is 29.9. The summed E-state index contributed by atoms with van der Waals surface area (Å²) in [5, 5.41) is 27.4. The van der Waals surface area contributed by atoms with Crippen LogP contribution in [-0.2, 0) is 4.74 Å². The molecule has 0 bridgehead atoms. The van der Waals surface area contributed by atoms with Gasteiger partial charge in [-0.1, -0.05) is 13.3 Å². The summed E-state index contributed by atoms with van der Waals surface area (Å²) in [5.41, 5.74) is 7.29. The molecule has 1 aliphatic heterocycles. The Morgan fingerprint density at radius 3 is 2.68 bits per heavy atom. The van der Waals surface area contributed by atoms with Crippen LogP contribution >= 0.6 is 0 Å². The number of nitrogen functional groups attached to an aromatic ring is 1. The highest BCUT2D eigenvalue weighted by atomic mass is 16.5.